The summed E-state index contributed by atoms with van der Waals surface area (Å²) >= 11 is 6.27. The molecule has 1 atom stereocenters. The van der Waals surface area contributed by atoms with E-state index in [9.17, 15) is 0 Å². The minimum Gasteiger partial charge on any atom is -0.454 e. The Labute approximate surface area is 192 Å². The van der Waals surface area contributed by atoms with Crippen molar-refractivity contribution >= 4 is 47.4 Å². The molecule has 2 aliphatic heterocycles. The van der Waals surface area contributed by atoms with Gasteiger partial charge < -0.3 is 25.0 Å². The number of hydrogen-bond donors (Lipinski definition) is 2. The zero-order valence-corrected chi connectivity index (χ0v) is 19.3. The van der Waals surface area contributed by atoms with Crippen molar-refractivity contribution in [3.63, 3.8) is 0 Å². The highest BCUT2D eigenvalue weighted by Crippen LogP contribution is 2.32. The van der Waals surface area contributed by atoms with Gasteiger partial charge in [0, 0.05) is 38.9 Å². The highest BCUT2D eigenvalue weighted by atomic mass is 127. The standard InChI is InChI=1S/C20H24ClN5O2.HI/c1-22-20(24-9-6-14-4-5-17-18(11-14)28-13-27-17)25-15-7-10-26(12-15)19-16(21)3-2-8-23-19;/h2-5,8,11,15H,6-7,9-10,12-13H2,1H3,(H2,22,24,25);1H. The Bertz CT molecular complexity index is 867. The van der Waals surface area contributed by atoms with Crippen LogP contribution in [0.4, 0.5) is 5.82 Å². The summed E-state index contributed by atoms with van der Waals surface area (Å²) in [5.74, 6) is 3.28. The number of anilines is 1. The number of nitrogens with zero attached hydrogens (tertiary/aromatic N) is 3. The predicted octanol–water partition coefficient (Wildman–Crippen LogP) is 3.07. The topological polar surface area (TPSA) is 71.0 Å². The number of fused-ring (bicyclic) bond motifs is 1. The average Bonchev–Trinajstić information content (AvgIpc) is 3.36. The summed E-state index contributed by atoms with van der Waals surface area (Å²) < 4.78 is 10.8. The van der Waals surface area contributed by atoms with Crippen molar-refractivity contribution in [2.24, 2.45) is 4.99 Å². The van der Waals surface area contributed by atoms with Gasteiger partial charge in [0.1, 0.15) is 5.82 Å². The molecule has 1 unspecified atom stereocenters. The van der Waals surface area contributed by atoms with Crippen LogP contribution < -0.4 is 25.0 Å². The van der Waals surface area contributed by atoms with Gasteiger partial charge in [0.25, 0.3) is 0 Å². The molecule has 0 saturated carbocycles. The van der Waals surface area contributed by atoms with E-state index in [1.807, 2.05) is 24.3 Å². The Kier molecular flexibility index (Phi) is 7.65. The van der Waals surface area contributed by atoms with E-state index in [0.717, 1.165) is 55.8 Å². The lowest BCUT2D eigenvalue weighted by Crippen LogP contribution is -2.45. The number of aliphatic imine (C=N–C) groups is 1. The molecule has 2 aliphatic rings. The van der Waals surface area contributed by atoms with Crippen molar-refractivity contribution in [2.75, 3.05) is 38.4 Å². The van der Waals surface area contributed by atoms with Crippen molar-refractivity contribution in [2.45, 2.75) is 18.9 Å². The fourth-order valence-electron chi connectivity index (χ4n) is 3.49. The first kappa shape index (κ1) is 21.8. The van der Waals surface area contributed by atoms with Crippen LogP contribution in [0.5, 0.6) is 11.5 Å². The minimum atomic E-state index is 0. The maximum atomic E-state index is 6.27. The highest BCUT2D eigenvalue weighted by molar-refractivity contribution is 14.0. The van der Waals surface area contributed by atoms with Gasteiger partial charge in [0.05, 0.1) is 5.02 Å². The highest BCUT2D eigenvalue weighted by Gasteiger charge is 2.25. The van der Waals surface area contributed by atoms with E-state index in [-0.39, 0.29) is 24.0 Å². The minimum absolute atomic E-state index is 0. The molecule has 1 saturated heterocycles. The molecule has 2 aromatic rings. The van der Waals surface area contributed by atoms with Crippen LogP contribution in [0, 0.1) is 0 Å². The third kappa shape index (κ3) is 5.36. The van der Waals surface area contributed by atoms with Crippen LogP contribution in [0.3, 0.4) is 0 Å². The first-order valence-corrected chi connectivity index (χ1v) is 9.82. The lowest BCUT2D eigenvalue weighted by molar-refractivity contribution is 0.174. The summed E-state index contributed by atoms with van der Waals surface area (Å²) in [5.41, 5.74) is 1.20. The molecule has 0 radical (unpaired) electrons. The molecule has 156 valence electrons. The van der Waals surface area contributed by atoms with Gasteiger partial charge in [0.2, 0.25) is 6.79 Å². The van der Waals surface area contributed by atoms with Gasteiger partial charge in [-0.2, -0.15) is 0 Å². The first-order chi connectivity index (χ1) is 13.7. The van der Waals surface area contributed by atoms with E-state index in [2.05, 4.69) is 31.6 Å². The van der Waals surface area contributed by atoms with Crippen molar-refractivity contribution in [1.29, 1.82) is 0 Å². The van der Waals surface area contributed by atoms with Crippen LogP contribution in [0.15, 0.2) is 41.5 Å². The molecule has 9 heteroatoms. The maximum Gasteiger partial charge on any atom is 0.231 e. The lowest BCUT2D eigenvalue weighted by atomic mass is 10.1. The summed E-state index contributed by atoms with van der Waals surface area (Å²) in [6.45, 7) is 2.85. The third-order valence-electron chi connectivity index (χ3n) is 4.93. The quantitative estimate of drug-likeness (QED) is 0.353. The number of nitrogens with one attached hydrogen (secondary N) is 2. The molecule has 1 fully saturated rings. The smallest absolute Gasteiger partial charge is 0.231 e. The Morgan fingerprint density at radius 3 is 3.00 bits per heavy atom. The Hall–Kier alpha value is -1.94. The number of pyridine rings is 1. The number of aromatic nitrogens is 1. The second kappa shape index (κ2) is 10.2. The third-order valence-corrected chi connectivity index (χ3v) is 5.23. The van der Waals surface area contributed by atoms with E-state index in [1.165, 1.54) is 5.56 Å². The summed E-state index contributed by atoms with van der Waals surface area (Å²) in [4.78, 5) is 11.0. The van der Waals surface area contributed by atoms with Crippen LogP contribution in [0.2, 0.25) is 5.02 Å². The molecule has 29 heavy (non-hydrogen) atoms. The molecule has 0 bridgehead atoms. The molecule has 0 spiro atoms. The number of ether oxygens (including phenoxy) is 2. The van der Waals surface area contributed by atoms with Gasteiger partial charge in [-0.3, -0.25) is 4.99 Å². The summed E-state index contributed by atoms with van der Waals surface area (Å²) in [6.07, 6.45) is 3.66. The Balaban J connectivity index is 0.00000240. The van der Waals surface area contributed by atoms with E-state index in [0.29, 0.717) is 17.9 Å². The van der Waals surface area contributed by atoms with Gasteiger partial charge in [-0.05, 0) is 42.7 Å². The molecule has 7 nitrogen and oxygen atoms in total. The largest absolute Gasteiger partial charge is 0.454 e. The lowest BCUT2D eigenvalue weighted by Gasteiger charge is -2.20. The van der Waals surface area contributed by atoms with Gasteiger partial charge >= 0.3 is 0 Å². The molecule has 0 aliphatic carbocycles. The van der Waals surface area contributed by atoms with Gasteiger partial charge in [-0.25, -0.2) is 4.98 Å². The molecule has 4 rings (SSSR count). The van der Waals surface area contributed by atoms with Crippen molar-refractivity contribution < 1.29 is 9.47 Å². The number of hydrogen-bond acceptors (Lipinski definition) is 5. The number of rotatable bonds is 5. The zero-order valence-electron chi connectivity index (χ0n) is 16.2. The number of benzene rings is 1. The van der Waals surface area contributed by atoms with Gasteiger partial charge in [-0.15, -0.1) is 24.0 Å². The molecule has 0 amide bonds. The van der Waals surface area contributed by atoms with E-state index in [1.54, 1.807) is 13.2 Å². The Morgan fingerprint density at radius 2 is 2.17 bits per heavy atom. The van der Waals surface area contributed by atoms with Crippen LogP contribution in [0.1, 0.15) is 12.0 Å². The van der Waals surface area contributed by atoms with Crippen LogP contribution >= 0.6 is 35.6 Å². The second-order valence-corrected chi connectivity index (χ2v) is 7.23. The summed E-state index contributed by atoms with van der Waals surface area (Å²) in [5, 5.41) is 7.57. The predicted molar refractivity (Wildman–Crippen MR) is 126 cm³/mol. The van der Waals surface area contributed by atoms with Crippen LogP contribution in [-0.2, 0) is 6.42 Å². The zero-order chi connectivity index (χ0) is 19.3. The molecular formula is C20H25ClIN5O2. The monoisotopic (exact) mass is 529 g/mol. The fourth-order valence-corrected chi connectivity index (χ4v) is 3.73. The van der Waals surface area contributed by atoms with E-state index >= 15 is 0 Å². The molecule has 1 aromatic carbocycles. The summed E-state index contributed by atoms with van der Waals surface area (Å²) in [6, 6.07) is 10.1. The molecule has 3 heterocycles. The van der Waals surface area contributed by atoms with Crippen LogP contribution in [-0.4, -0.2) is 50.5 Å². The normalized spacial score (nSPS) is 17.8. The fraction of sp³-hybridized carbons (Fsp3) is 0.400. The first-order valence-electron chi connectivity index (χ1n) is 9.44. The van der Waals surface area contributed by atoms with E-state index in [4.69, 9.17) is 21.1 Å². The van der Waals surface area contributed by atoms with Gasteiger partial charge in [-0.1, -0.05) is 17.7 Å². The van der Waals surface area contributed by atoms with Gasteiger partial charge in [0.15, 0.2) is 17.5 Å². The van der Waals surface area contributed by atoms with Crippen molar-refractivity contribution in [3.8, 4) is 11.5 Å². The second-order valence-electron chi connectivity index (χ2n) is 6.82. The molecular weight excluding hydrogens is 505 g/mol. The Morgan fingerprint density at radius 1 is 1.31 bits per heavy atom. The molecule has 1 aromatic heterocycles. The van der Waals surface area contributed by atoms with Crippen LogP contribution in [0.25, 0.3) is 0 Å². The average molecular weight is 530 g/mol. The number of halogens is 2. The summed E-state index contributed by atoms with van der Waals surface area (Å²) in [7, 11) is 1.79. The van der Waals surface area contributed by atoms with E-state index < -0.39 is 0 Å². The maximum absolute atomic E-state index is 6.27. The van der Waals surface area contributed by atoms with Crippen molar-refractivity contribution in [3.05, 3.63) is 47.1 Å². The van der Waals surface area contributed by atoms with Crippen molar-refractivity contribution in [1.82, 2.24) is 15.6 Å². The SMILES string of the molecule is CN=C(NCCc1ccc2c(c1)OCO2)NC1CCN(c2ncccc2Cl)C1.I. The molecule has 2 N–H and O–H groups in total. The number of guanidine groups is 1.